The molecule has 0 radical (unpaired) electrons. The summed E-state index contributed by atoms with van der Waals surface area (Å²) in [5.74, 6) is 1.88. The molecule has 3 rings (SSSR count). The second kappa shape index (κ2) is 7.49. The molecule has 23 heavy (non-hydrogen) atoms. The zero-order valence-corrected chi connectivity index (χ0v) is 12.4. The van der Waals surface area contributed by atoms with Gasteiger partial charge in [-0.2, -0.15) is 0 Å². The first-order valence-corrected chi connectivity index (χ1v) is 7.24. The van der Waals surface area contributed by atoms with Crippen molar-refractivity contribution in [2.45, 2.75) is 6.42 Å². The van der Waals surface area contributed by atoms with Gasteiger partial charge in [-0.05, 0) is 29.8 Å². The van der Waals surface area contributed by atoms with Gasteiger partial charge in [0.05, 0.1) is 12.8 Å². The maximum absolute atomic E-state index is 12.7. The van der Waals surface area contributed by atoms with Gasteiger partial charge >= 0.3 is 0 Å². The van der Waals surface area contributed by atoms with Crippen molar-refractivity contribution in [3.63, 3.8) is 0 Å². The maximum atomic E-state index is 12.7. The Morgan fingerprint density at radius 1 is 1.04 bits per heavy atom. The fraction of sp³-hybridized carbons (Fsp3) is 0.235. The smallest absolute Gasteiger partial charge is 0.231 e. The average molecular weight is 317 g/mol. The highest BCUT2D eigenvalue weighted by molar-refractivity contribution is 5.78. The first-order valence-electron chi connectivity index (χ1n) is 7.24. The molecule has 2 aromatic carbocycles. The zero-order valence-electron chi connectivity index (χ0n) is 12.4. The van der Waals surface area contributed by atoms with Crippen LogP contribution in [0.3, 0.4) is 0 Å². The van der Waals surface area contributed by atoms with Gasteiger partial charge in [0.15, 0.2) is 11.5 Å². The first kappa shape index (κ1) is 15.1. The molecule has 6 heteroatoms. The van der Waals surface area contributed by atoms with E-state index in [0.29, 0.717) is 25.4 Å². The zero-order chi connectivity index (χ0) is 15.9. The van der Waals surface area contributed by atoms with Crippen LogP contribution in [0.5, 0.6) is 17.2 Å². The van der Waals surface area contributed by atoms with Crippen LogP contribution in [0, 0.1) is 5.82 Å². The summed E-state index contributed by atoms with van der Waals surface area (Å²) in [6.07, 6.45) is 2.23. The lowest BCUT2D eigenvalue weighted by Crippen LogP contribution is -2.01. The molecule has 0 unspecified atom stereocenters. The summed E-state index contributed by atoms with van der Waals surface area (Å²) in [5, 5.41) is 3.82. The Kier molecular flexibility index (Phi) is 4.93. The normalized spacial score (nSPS) is 12.6. The van der Waals surface area contributed by atoms with E-state index in [-0.39, 0.29) is 12.6 Å². The summed E-state index contributed by atoms with van der Waals surface area (Å²) in [7, 11) is 0. The van der Waals surface area contributed by atoms with Crippen LogP contribution in [0.4, 0.5) is 4.39 Å². The molecule has 0 spiro atoms. The van der Waals surface area contributed by atoms with E-state index in [4.69, 9.17) is 19.0 Å². The monoisotopic (exact) mass is 317 g/mol. The molecule has 1 aliphatic rings. The molecule has 0 amide bonds. The van der Waals surface area contributed by atoms with Crippen molar-refractivity contribution in [3.8, 4) is 17.2 Å². The van der Waals surface area contributed by atoms with Crippen molar-refractivity contribution in [2.24, 2.45) is 5.16 Å². The second-order valence-corrected chi connectivity index (χ2v) is 4.84. The molecule has 1 aliphatic heterocycles. The van der Waals surface area contributed by atoms with Gasteiger partial charge in [-0.15, -0.1) is 0 Å². The number of oxime groups is 1. The van der Waals surface area contributed by atoms with Crippen molar-refractivity contribution in [1.29, 1.82) is 0 Å². The van der Waals surface area contributed by atoms with Crippen LogP contribution in [0.15, 0.2) is 47.6 Å². The van der Waals surface area contributed by atoms with Gasteiger partial charge in [0.25, 0.3) is 0 Å². The molecule has 0 aliphatic carbocycles. The predicted octanol–water partition coefficient (Wildman–Crippen LogP) is 3.37. The van der Waals surface area contributed by atoms with Gasteiger partial charge < -0.3 is 19.0 Å². The van der Waals surface area contributed by atoms with Gasteiger partial charge in [0.2, 0.25) is 6.79 Å². The number of benzene rings is 2. The third-order valence-corrected chi connectivity index (χ3v) is 3.14. The molecule has 0 fully saturated rings. The number of fused-ring (bicyclic) bond motifs is 1. The highest BCUT2D eigenvalue weighted by atomic mass is 19.1. The molecule has 0 bridgehead atoms. The topological polar surface area (TPSA) is 49.3 Å². The second-order valence-electron chi connectivity index (χ2n) is 4.84. The summed E-state index contributed by atoms with van der Waals surface area (Å²) in [6, 6.07) is 11.5. The molecule has 1 heterocycles. The van der Waals surface area contributed by atoms with E-state index >= 15 is 0 Å². The molecule has 120 valence electrons. The summed E-state index contributed by atoms with van der Waals surface area (Å²) < 4.78 is 28.8. The van der Waals surface area contributed by atoms with E-state index in [9.17, 15) is 4.39 Å². The minimum Gasteiger partial charge on any atom is -0.493 e. The maximum Gasteiger partial charge on any atom is 0.231 e. The third-order valence-electron chi connectivity index (χ3n) is 3.14. The quantitative estimate of drug-likeness (QED) is 0.446. The highest BCUT2D eigenvalue weighted by Crippen LogP contribution is 2.35. The van der Waals surface area contributed by atoms with E-state index in [0.717, 1.165) is 17.1 Å². The van der Waals surface area contributed by atoms with Gasteiger partial charge in [0.1, 0.15) is 18.2 Å². The standard InChI is InChI=1S/C17H16FNO4/c18-14-4-2-13(3-5-14)11-19-23-9-1-8-20-15-6-7-16-17(10-15)22-12-21-16/h2-7,10-11H,1,8-9,12H2/b19-11+. The molecule has 2 aromatic rings. The van der Waals surface area contributed by atoms with Gasteiger partial charge in [0, 0.05) is 12.5 Å². The largest absolute Gasteiger partial charge is 0.493 e. The van der Waals surface area contributed by atoms with Crippen LogP contribution >= 0.6 is 0 Å². The number of ether oxygens (including phenoxy) is 3. The summed E-state index contributed by atoms with van der Waals surface area (Å²) in [5.41, 5.74) is 0.781. The third kappa shape index (κ3) is 4.35. The van der Waals surface area contributed by atoms with Crippen LogP contribution in [-0.4, -0.2) is 26.2 Å². The molecule has 0 N–H and O–H groups in total. The summed E-state index contributed by atoms with van der Waals surface area (Å²) >= 11 is 0. The Morgan fingerprint density at radius 2 is 1.87 bits per heavy atom. The van der Waals surface area contributed by atoms with Crippen LogP contribution in [-0.2, 0) is 4.84 Å². The lowest BCUT2D eigenvalue weighted by atomic mass is 10.2. The first-order chi connectivity index (χ1) is 11.3. The molecular formula is C17H16FNO4. The number of nitrogens with zero attached hydrogens (tertiary/aromatic N) is 1. The van der Waals surface area contributed by atoms with E-state index in [1.165, 1.54) is 18.3 Å². The van der Waals surface area contributed by atoms with Crippen LogP contribution < -0.4 is 14.2 Å². The lowest BCUT2D eigenvalue weighted by Gasteiger charge is -2.06. The van der Waals surface area contributed by atoms with E-state index in [1.807, 2.05) is 12.1 Å². The minimum atomic E-state index is -0.274. The molecule has 0 atom stereocenters. The summed E-state index contributed by atoms with van der Waals surface area (Å²) in [4.78, 5) is 5.13. The molecule has 0 aromatic heterocycles. The Bertz CT molecular complexity index is 673. The number of rotatable bonds is 7. The van der Waals surface area contributed by atoms with Crippen LogP contribution in [0.25, 0.3) is 0 Å². The van der Waals surface area contributed by atoms with Crippen molar-refractivity contribution >= 4 is 6.21 Å². The molecule has 5 nitrogen and oxygen atoms in total. The predicted molar refractivity (Wildman–Crippen MR) is 82.6 cm³/mol. The fourth-order valence-corrected chi connectivity index (χ4v) is 1.98. The molecular weight excluding hydrogens is 301 g/mol. The van der Waals surface area contributed by atoms with Gasteiger partial charge in [-0.25, -0.2) is 4.39 Å². The Labute approximate surface area is 133 Å². The highest BCUT2D eigenvalue weighted by Gasteiger charge is 2.13. The van der Waals surface area contributed by atoms with Gasteiger partial charge in [-0.1, -0.05) is 17.3 Å². The van der Waals surface area contributed by atoms with Gasteiger partial charge in [-0.3, -0.25) is 0 Å². The number of halogens is 1. The van der Waals surface area contributed by atoms with E-state index in [2.05, 4.69) is 5.16 Å². The molecule has 0 saturated heterocycles. The van der Waals surface area contributed by atoms with Crippen molar-refractivity contribution in [1.82, 2.24) is 0 Å². The Balaban J connectivity index is 1.33. The lowest BCUT2D eigenvalue weighted by molar-refractivity contribution is 0.129. The fourth-order valence-electron chi connectivity index (χ4n) is 1.98. The van der Waals surface area contributed by atoms with E-state index in [1.54, 1.807) is 18.2 Å². The van der Waals surface area contributed by atoms with Crippen molar-refractivity contribution in [2.75, 3.05) is 20.0 Å². The van der Waals surface area contributed by atoms with Crippen molar-refractivity contribution in [3.05, 3.63) is 53.8 Å². The van der Waals surface area contributed by atoms with E-state index < -0.39 is 0 Å². The molecule has 0 saturated carbocycles. The van der Waals surface area contributed by atoms with Crippen LogP contribution in [0.2, 0.25) is 0 Å². The average Bonchev–Trinajstić information content (AvgIpc) is 3.03. The number of hydrogen-bond acceptors (Lipinski definition) is 5. The number of hydrogen-bond donors (Lipinski definition) is 0. The SMILES string of the molecule is Fc1ccc(/C=N/OCCCOc2ccc3c(c2)OCO3)cc1. The Hall–Kier alpha value is -2.76. The Morgan fingerprint density at radius 3 is 2.74 bits per heavy atom. The van der Waals surface area contributed by atoms with Crippen LogP contribution in [0.1, 0.15) is 12.0 Å². The summed E-state index contributed by atoms with van der Waals surface area (Å²) in [6.45, 7) is 1.19. The van der Waals surface area contributed by atoms with Crippen molar-refractivity contribution < 1.29 is 23.4 Å². The minimum absolute atomic E-state index is 0.249.